The van der Waals surface area contributed by atoms with Gasteiger partial charge in [-0.15, -0.1) is 0 Å². The Labute approximate surface area is 259 Å². The fraction of sp³-hybridized carbons (Fsp3) is 0.514. The number of aryl methyl sites for hydroxylation is 1. The van der Waals surface area contributed by atoms with E-state index in [1.54, 1.807) is 0 Å². The quantitative estimate of drug-likeness (QED) is 0.118. The average molecular weight is 604 g/mol. The fourth-order valence-corrected chi connectivity index (χ4v) is 6.31. The topological polar surface area (TPSA) is 125 Å². The van der Waals surface area contributed by atoms with E-state index in [-0.39, 0.29) is 5.56 Å². The normalized spacial score (nSPS) is 17.7. The lowest BCUT2D eigenvalue weighted by atomic mass is 9.78. The van der Waals surface area contributed by atoms with Crippen molar-refractivity contribution in [1.82, 2.24) is 5.32 Å². The number of hydrogen-bond acceptors (Lipinski definition) is 6. The minimum Gasteiger partial charge on any atom is -0.378 e. The Morgan fingerprint density at radius 2 is 1.59 bits per heavy atom. The molecule has 4 rings (SSSR count). The van der Waals surface area contributed by atoms with Gasteiger partial charge in [-0.2, -0.15) is 0 Å². The van der Waals surface area contributed by atoms with Crippen LogP contribution >= 0.6 is 0 Å². The van der Waals surface area contributed by atoms with Crippen molar-refractivity contribution in [2.75, 3.05) is 6.61 Å². The minimum atomic E-state index is -0.726. The molecule has 3 aromatic carbocycles. The lowest BCUT2D eigenvalue weighted by Gasteiger charge is -2.34. The number of carbonyl (C=O) groups is 1. The summed E-state index contributed by atoms with van der Waals surface area (Å²) in [4.78, 5) is 35.1. The first-order valence-electron chi connectivity index (χ1n) is 15.8. The van der Waals surface area contributed by atoms with Crippen molar-refractivity contribution >= 4 is 28.1 Å². The number of non-ortho nitro benzene ring substituents is 2. The first-order chi connectivity index (χ1) is 21.0. The number of rotatable bonds is 13. The van der Waals surface area contributed by atoms with E-state index in [2.05, 4.69) is 30.4 Å². The molecule has 3 atom stereocenters. The van der Waals surface area contributed by atoms with Crippen molar-refractivity contribution < 1.29 is 19.4 Å². The molecule has 0 aliphatic heterocycles. The number of fused-ring (bicyclic) bond motifs is 1. The summed E-state index contributed by atoms with van der Waals surface area (Å²) in [5.41, 5.74) is 0.600. The minimum absolute atomic E-state index is 0.119. The maximum atomic E-state index is 13.6. The predicted molar refractivity (Wildman–Crippen MR) is 173 cm³/mol. The third-order valence-corrected chi connectivity index (χ3v) is 8.78. The molecule has 0 aromatic heterocycles. The number of unbranched alkanes of at least 4 members (excludes halogenated alkanes) is 3. The van der Waals surface area contributed by atoms with Crippen molar-refractivity contribution in [1.29, 1.82) is 0 Å². The van der Waals surface area contributed by atoms with Crippen LogP contribution in [0.2, 0.25) is 0 Å². The molecule has 236 valence electrons. The molecule has 1 saturated carbocycles. The zero-order chi connectivity index (χ0) is 31.9. The van der Waals surface area contributed by atoms with E-state index in [0.29, 0.717) is 12.0 Å². The molecule has 0 radical (unpaired) electrons. The summed E-state index contributed by atoms with van der Waals surface area (Å²) in [6.45, 7) is 9.21. The largest absolute Gasteiger partial charge is 0.378 e. The molecule has 2 unspecified atom stereocenters. The van der Waals surface area contributed by atoms with Crippen LogP contribution in [0.3, 0.4) is 0 Å². The van der Waals surface area contributed by atoms with Crippen LogP contribution in [0.4, 0.5) is 11.4 Å². The maximum Gasteiger partial charge on any atom is 0.277 e. The predicted octanol–water partition coefficient (Wildman–Crippen LogP) is 8.87. The van der Waals surface area contributed by atoms with Crippen LogP contribution in [0.25, 0.3) is 10.8 Å². The van der Waals surface area contributed by atoms with Crippen LogP contribution in [0.1, 0.15) is 107 Å². The number of amides is 1. The van der Waals surface area contributed by atoms with E-state index >= 15 is 0 Å². The SMILES string of the molecule is C[C@@H]1CCCCC1OCCCCCCc1ccc2ccccc2c1C(NC(=O)c1cc([N+](=O)[O-])cc([N+](=O)[O-])c1)C(C)(C)C. The second kappa shape index (κ2) is 14.8. The third-order valence-electron chi connectivity index (χ3n) is 8.78. The maximum absolute atomic E-state index is 13.6. The molecule has 0 heterocycles. The first kappa shape index (κ1) is 33.1. The molecule has 44 heavy (non-hydrogen) atoms. The smallest absolute Gasteiger partial charge is 0.277 e. The number of nitrogens with one attached hydrogen (secondary N) is 1. The summed E-state index contributed by atoms with van der Waals surface area (Å²) in [6, 6.07) is 14.9. The van der Waals surface area contributed by atoms with Gasteiger partial charge in [-0.05, 0) is 65.3 Å². The lowest BCUT2D eigenvalue weighted by Crippen LogP contribution is -2.37. The molecular formula is C35H45N3O6. The van der Waals surface area contributed by atoms with Gasteiger partial charge in [0.05, 0.1) is 33.6 Å². The van der Waals surface area contributed by atoms with Crippen LogP contribution in [-0.4, -0.2) is 28.5 Å². The number of hydrogen-bond donors (Lipinski definition) is 1. The van der Waals surface area contributed by atoms with Crippen LogP contribution in [0.15, 0.2) is 54.6 Å². The summed E-state index contributed by atoms with van der Waals surface area (Å²) in [5, 5.41) is 28.1. The second-order valence-electron chi connectivity index (χ2n) is 13.2. The lowest BCUT2D eigenvalue weighted by molar-refractivity contribution is -0.394. The van der Waals surface area contributed by atoms with Gasteiger partial charge in [-0.25, -0.2) is 0 Å². The molecule has 0 bridgehead atoms. The Morgan fingerprint density at radius 3 is 2.25 bits per heavy atom. The van der Waals surface area contributed by atoms with Gasteiger partial charge in [-0.1, -0.05) is 89.8 Å². The summed E-state index contributed by atoms with van der Waals surface area (Å²) in [7, 11) is 0. The first-order valence-corrected chi connectivity index (χ1v) is 15.8. The Morgan fingerprint density at radius 1 is 0.932 bits per heavy atom. The van der Waals surface area contributed by atoms with Gasteiger partial charge in [0.2, 0.25) is 0 Å². The molecule has 0 spiro atoms. The third kappa shape index (κ3) is 8.40. The van der Waals surface area contributed by atoms with Crippen molar-refractivity contribution in [2.45, 2.75) is 97.6 Å². The molecule has 3 aromatic rings. The highest BCUT2D eigenvalue weighted by Crippen LogP contribution is 2.40. The van der Waals surface area contributed by atoms with Crippen molar-refractivity contribution in [3.8, 4) is 0 Å². The van der Waals surface area contributed by atoms with Gasteiger partial charge in [0.25, 0.3) is 17.3 Å². The van der Waals surface area contributed by atoms with E-state index in [4.69, 9.17) is 4.74 Å². The van der Waals surface area contributed by atoms with Crippen LogP contribution in [0.5, 0.6) is 0 Å². The van der Waals surface area contributed by atoms with E-state index in [0.717, 1.165) is 78.8 Å². The van der Waals surface area contributed by atoms with Crippen LogP contribution in [0, 0.1) is 31.6 Å². The highest BCUT2D eigenvalue weighted by atomic mass is 16.6. The zero-order valence-electron chi connectivity index (χ0n) is 26.3. The number of nitro groups is 2. The molecule has 9 heteroatoms. The van der Waals surface area contributed by atoms with Gasteiger partial charge < -0.3 is 10.1 Å². The zero-order valence-corrected chi connectivity index (χ0v) is 26.3. The number of ether oxygens (including phenoxy) is 1. The molecular weight excluding hydrogens is 558 g/mol. The number of nitrogens with zero attached hydrogens (tertiary/aromatic N) is 2. The second-order valence-corrected chi connectivity index (χ2v) is 13.2. The number of benzene rings is 3. The van der Waals surface area contributed by atoms with Crippen molar-refractivity contribution in [3.63, 3.8) is 0 Å². The summed E-state index contributed by atoms with van der Waals surface area (Å²) in [6.07, 6.45) is 10.5. The van der Waals surface area contributed by atoms with E-state index < -0.39 is 38.6 Å². The monoisotopic (exact) mass is 603 g/mol. The number of nitro benzene ring substituents is 2. The highest BCUT2D eigenvalue weighted by molar-refractivity contribution is 5.96. The van der Waals surface area contributed by atoms with E-state index in [9.17, 15) is 25.0 Å². The van der Waals surface area contributed by atoms with Gasteiger partial charge in [0, 0.05) is 18.7 Å². The fourth-order valence-electron chi connectivity index (χ4n) is 6.31. The Kier molecular flexibility index (Phi) is 11.1. The standard InChI is InChI=1S/C35H45N3O6/c1-24-13-8-11-17-31(24)44-20-12-6-5-7-15-26-19-18-25-14-9-10-16-30(25)32(26)33(35(2,3)4)36-34(39)27-21-28(37(40)41)23-29(22-27)38(42)43/h9-10,14,16,18-19,21-24,31,33H,5-8,11-13,15,17,20H2,1-4H3,(H,36,39)/t24-,31?,33?/m1/s1. The highest BCUT2D eigenvalue weighted by Gasteiger charge is 2.32. The molecule has 9 nitrogen and oxygen atoms in total. The molecule has 1 aliphatic carbocycles. The number of carbonyl (C=O) groups excluding carboxylic acids is 1. The van der Waals surface area contributed by atoms with Crippen molar-refractivity contribution in [3.05, 3.63) is 91.5 Å². The Hall–Kier alpha value is -3.85. The molecule has 0 saturated heterocycles. The van der Waals surface area contributed by atoms with Gasteiger partial charge in [0.1, 0.15) is 0 Å². The van der Waals surface area contributed by atoms with E-state index in [1.165, 1.54) is 25.7 Å². The van der Waals surface area contributed by atoms with Gasteiger partial charge >= 0.3 is 0 Å². The molecule has 1 fully saturated rings. The molecule has 1 aliphatic rings. The Bertz CT molecular complexity index is 1450. The molecule has 1 amide bonds. The van der Waals surface area contributed by atoms with E-state index in [1.807, 2.05) is 39.0 Å². The van der Waals surface area contributed by atoms with Crippen molar-refractivity contribution in [2.24, 2.45) is 11.3 Å². The van der Waals surface area contributed by atoms with Gasteiger partial charge in [0.15, 0.2) is 0 Å². The summed E-state index contributed by atoms with van der Waals surface area (Å²) < 4.78 is 6.20. The Balaban J connectivity index is 1.52. The van der Waals surface area contributed by atoms with Crippen LogP contribution < -0.4 is 5.32 Å². The average Bonchev–Trinajstić information content (AvgIpc) is 2.99. The van der Waals surface area contributed by atoms with Gasteiger partial charge in [-0.3, -0.25) is 25.0 Å². The van der Waals surface area contributed by atoms with Crippen LogP contribution in [-0.2, 0) is 11.2 Å². The molecule has 1 N–H and O–H groups in total. The summed E-state index contributed by atoms with van der Waals surface area (Å²) >= 11 is 0. The summed E-state index contributed by atoms with van der Waals surface area (Å²) in [5.74, 6) is 0.0568.